The predicted octanol–water partition coefficient (Wildman–Crippen LogP) is 0.990. The Bertz CT molecular complexity index is 818. The number of ether oxygens (including phenoxy) is 1. The molecule has 2 aromatic rings. The maximum Gasteiger partial charge on any atom is 0.279 e. The largest absolute Gasteiger partial charge is 0.497 e. The van der Waals surface area contributed by atoms with Crippen molar-refractivity contribution in [2.45, 2.75) is 6.92 Å². The number of nitrogens with one attached hydrogen (secondary N) is 3. The Morgan fingerprint density at radius 2 is 1.52 bits per heavy atom. The van der Waals surface area contributed by atoms with E-state index in [0.29, 0.717) is 22.7 Å². The van der Waals surface area contributed by atoms with Gasteiger partial charge in [-0.2, -0.15) is 0 Å². The first-order valence-electron chi connectivity index (χ1n) is 8.53. The first-order valence-corrected chi connectivity index (χ1v) is 8.53. The van der Waals surface area contributed by atoms with Gasteiger partial charge in [-0.15, -0.1) is 0 Å². The summed E-state index contributed by atoms with van der Waals surface area (Å²) in [5.41, 5.74) is 1.76. The highest BCUT2D eigenvalue weighted by atomic mass is 16.5. The maximum absolute atomic E-state index is 12.2. The summed E-state index contributed by atoms with van der Waals surface area (Å²) in [6, 6.07) is 13.8. The molecule has 1 unspecified atom stereocenters. The Labute approximate surface area is 158 Å². The van der Waals surface area contributed by atoms with Crippen LogP contribution in [-0.4, -0.2) is 44.8 Å². The van der Waals surface area contributed by atoms with Gasteiger partial charge in [0.2, 0.25) is 0 Å². The number of methoxy groups -OCH3 is 1. The summed E-state index contributed by atoms with van der Waals surface area (Å²) in [5, 5.41) is 5.53. The van der Waals surface area contributed by atoms with E-state index >= 15 is 0 Å². The third-order valence-corrected chi connectivity index (χ3v) is 3.85. The van der Waals surface area contributed by atoms with Crippen molar-refractivity contribution in [3.05, 3.63) is 54.1 Å². The summed E-state index contributed by atoms with van der Waals surface area (Å²) in [6.45, 7) is 1.74. The van der Waals surface area contributed by atoms with Crippen molar-refractivity contribution in [2.24, 2.45) is 0 Å². The quantitative estimate of drug-likeness (QED) is 0.605. The summed E-state index contributed by atoms with van der Waals surface area (Å²) < 4.78 is 5.07. The minimum Gasteiger partial charge on any atom is -0.497 e. The molecule has 7 heteroatoms. The number of likely N-dealkylation sites (N-methyl/N-ethyl adjacent to an activating group) is 1. The predicted molar refractivity (Wildman–Crippen MR) is 103 cm³/mol. The summed E-state index contributed by atoms with van der Waals surface area (Å²) in [4.78, 5) is 36.4. The van der Waals surface area contributed by atoms with Crippen molar-refractivity contribution < 1.29 is 24.0 Å². The molecule has 3 N–H and O–H groups in total. The molecule has 142 valence electrons. The number of amides is 2. The zero-order chi connectivity index (χ0) is 19.8. The van der Waals surface area contributed by atoms with Crippen LogP contribution in [0.3, 0.4) is 0 Å². The highest BCUT2D eigenvalue weighted by Crippen LogP contribution is 2.14. The van der Waals surface area contributed by atoms with Crippen LogP contribution in [0.2, 0.25) is 0 Å². The lowest BCUT2D eigenvalue weighted by Gasteiger charge is -2.14. The first kappa shape index (κ1) is 20.1. The van der Waals surface area contributed by atoms with E-state index in [9.17, 15) is 14.4 Å². The molecule has 0 spiro atoms. The fraction of sp³-hybridized carbons (Fsp3) is 0.250. The minimum absolute atomic E-state index is 0.0657. The number of rotatable bonds is 8. The highest BCUT2D eigenvalue weighted by molar-refractivity contribution is 5.97. The van der Waals surface area contributed by atoms with Gasteiger partial charge < -0.3 is 20.3 Å². The van der Waals surface area contributed by atoms with Crippen LogP contribution < -0.4 is 20.3 Å². The molecule has 0 aromatic heterocycles. The number of quaternary nitrogens is 1. The third kappa shape index (κ3) is 6.56. The molecule has 0 aliphatic carbocycles. The molecule has 0 heterocycles. The van der Waals surface area contributed by atoms with Crippen LogP contribution in [0.25, 0.3) is 0 Å². The molecule has 2 rings (SSSR count). The average molecular weight is 370 g/mol. The molecule has 0 bridgehead atoms. The summed E-state index contributed by atoms with van der Waals surface area (Å²) >= 11 is 0. The zero-order valence-electron chi connectivity index (χ0n) is 15.7. The third-order valence-electron chi connectivity index (χ3n) is 3.85. The fourth-order valence-electron chi connectivity index (χ4n) is 2.51. The molecule has 7 nitrogen and oxygen atoms in total. The molecular weight excluding hydrogens is 346 g/mol. The number of carbonyl (C=O) groups excluding carboxylic acids is 3. The Morgan fingerprint density at radius 1 is 0.926 bits per heavy atom. The van der Waals surface area contributed by atoms with Crippen LogP contribution in [0.4, 0.5) is 11.4 Å². The highest BCUT2D eigenvalue weighted by Gasteiger charge is 2.15. The molecule has 0 aliphatic rings. The van der Waals surface area contributed by atoms with Crippen molar-refractivity contribution in [1.29, 1.82) is 0 Å². The second-order valence-corrected chi connectivity index (χ2v) is 6.27. The van der Waals surface area contributed by atoms with Crippen molar-refractivity contribution in [1.82, 2.24) is 0 Å². The lowest BCUT2D eigenvalue weighted by Crippen LogP contribution is -3.11. The number of Topliss-reactive ketones (excluding diaryl/α,β-unsaturated/α-hetero) is 1. The Hall–Kier alpha value is -3.19. The smallest absolute Gasteiger partial charge is 0.279 e. The van der Waals surface area contributed by atoms with Crippen LogP contribution in [0.5, 0.6) is 5.75 Å². The van der Waals surface area contributed by atoms with Crippen LogP contribution in [0, 0.1) is 0 Å². The topological polar surface area (TPSA) is 88.9 Å². The van der Waals surface area contributed by atoms with E-state index in [4.69, 9.17) is 4.74 Å². The van der Waals surface area contributed by atoms with Crippen molar-refractivity contribution in [3.8, 4) is 5.75 Å². The normalized spacial score (nSPS) is 11.4. The monoisotopic (exact) mass is 370 g/mol. The van der Waals surface area contributed by atoms with Crippen LogP contribution in [-0.2, 0) is 9.59 Å². The minimum atomic E-state index is -0.231. The van der Waals surface area contributed by atoms with Gasteiger partial charge >= 0.3 is 0 Å². The van der Waals surface area contributed by atoms with Crippen LogP contribution in [0.15, 0.2) is 48.5 Å². The van der Waals surface area contributed by atoms with Crippen molar-refractivity contribution in [2.75, 3.05) is 37.9 Å². The molecule has 2 amide bonds. The number of ketones is 1. The van der Waals surface area contributed by atoms with Gasteiger partial charge in [0.15, 0.2) is 18.9 Å². The van der Waals surface area contributed by atoms with Crippen molar-refractivity contribution >= 4 is 29.0 Å². The van der Waals surface area contributed by atoms with E-state index in [1.807, 2.05) is 0 Å². The van der Waals surface area contributed by atoms with Gasteiger partial charge in [-0.25, -0.2) is 0 Å². The lowest BCUT2D eigenvalue weighted by molar-refractivity contribution is -0.862. The average Bonchev–Trinajstić information content (AvgIpc) is 2.62. The molecule has 0 aliphatic heterocycles. The standard InChI is InChI=1S/C20H23N3O4/c1-14(24)15-5-4-6-17(11-15)22-20(26)13-23(2)12-19(25)21-16-7-9-18(27-3)10-8-16/h4-11H,12-13H2,1-3H3,(H,21,25)(H,22,26)/p+1. The molecule has 0 radical (unpaired) electrons. The number of carbonyl (C=O) groups is 3. The van der Waals surface area contributed by atoms with E-state index in [1.165, 1.54) is 6.92 Å². The molecule has 27 heavy (non-hydrogen) atoms. The van der Waals surface area contributed by atoms with E-state index in [2.05, 4.69) is 10.6 Å². The van der Waals surface area contributed by atoms with Gasteiger partial charge in [0.05, 0.1) is 14.2 Å². The van der Waals surface area contributed by atoms with E-state index in [1.54, 1.807) is 62.7 Å². The van der Waals surface area contributed by atoms with Gasteiger partial charge in [0, 0.05) is 16.9 Å². The number of anilines is 2. The lowest BCUT2D eigenvalue weighted by atomic mass is 10.1. The molecule has 1 atom stereocenters. The zero-order valence-corrected chi connectivity index (χ0v) is 15.7. The van der Waals surface area contributed by atoms with E-state index in [0.717, 1.165) is 4.90 Å². The van der Waals surface area contributed by atoms with Gasteiger partial charge in [-0.1, -0.05) is 12.1 Å². The molecular formula is C20H24N3O4+. The van der Waals surface area contributed by atoms with E-state index < -0.39 is 0 Å². The molecule has 0 saturated carbocycles. The van der Waals surface area contributed by atoms with Crippen LogP contribution >= 0.6 is 0 Å². The fourth-order valence-corrected chi connectivity index (χ4v) is 2.51. The number of hydrogen-bond donors (Lipinski definition) is 3. The Kier molecular flexibility index (Phi) is 7.08. The molecule has 0 saturated heterocycles. The summed E-state index contributed by atoms with van der Waals surface area (Å²) in [6.07, 6.45) is 0. The second kappa shape index (κ2) is 9.49. The van der Waals surface area contributed by atoms with Gasteiger partial charge in [0.1, 0.15) is 5.75 Å². The summed E-state index contributed by atoms with van der Waals surface area (Å²) in [5.74, 6) is 0.222. The Morgan fingerprint density at radius 3 is 2.07 bits per heavy atom. The van der Waals surface area contributed by atoms with Gasteiger partial charge in [0.25, 0.3) is 11.8 Å². The summed E-state index contributed by atoms with van der Waals surface area (Å²) in [7, 11) is 3.34. The second-order valence-electron chi connectivity index (χ2n) is 6.27. The SMILES string of the molecule is COc1ccc(NC(=O)C[NH+](C)CC(=O)Nc2cccc(C(C)=O)c2)cc1. The Balaban J connectivity index is 1.82. The maximum atomic E-state index is 12.2. The number of benzene rings is 2. The number of hydrogen-bond acceptors (Lipinski definition) is 4. The molecule has 0 fully saturated rings. The van der Waals surface area contributed by atoms with Gasteiger partial charge in [-0.05, 0) is 43.3 Å². The van der Waals surface area contributed by atoms with Crippen molar-refractivity contribution in [3.63, 3.8) is 0 Å². The first-order chi connectivity index (χ1) is 12.9. The van der Waals surface area contributed by atoms with E-state index in [-0.39, 0.29) is 30.7 Å². The molecule has 2 aromatic carbocycles. The van der Waals surface area contributed by atoms with Crippen LogP contribution in [0.1, 0.15) is 17.3 Å². The van der Waals surface area contributed by atoms with Gasteiger partial charge in [-0.3, -0.25) is 14.4 Å².